The van der Waals surface area contributed by atoms with E-state index in [2.05, 4.69) is 33.9 Å². The van der Waals surface area contributed by atoms with Crippen LogP contribution in [0.15, 0.2) is 60.7 Å². The van der Waals surface area contributed by atoms with Gasteiger partial charge in [-0.2, -0.15) is 0 Å². The highest BCUT2D eigenvalue weighted by atomic mass is 19.1. The Morgan fingerprint density at radius 1 is 1.00 bits per heavy atom. The molecule has 188 valence electrons. The van der Waals surface area contributed by atoms with E-state index in [4.69, 9.17) is 4.74 Å². The molecule has 7 heteroatoms. The molecule has 0 fully saturated rings. The van der Waals surface area contributed by atoms with Crippen molar-refractivity contribution in [1.29, 1.82) is 0 Å². The van der Waals surface area contributed by atoms with Gasteiger partial charge in [0.1, 0.15) is 30.7 Å². The fourth-order valence-corrected chi connectivity index (χ4v) is 5.49. The molecule has 2 aliphatic heterocycles. The number of nitrogens with zero attached hydrogens (tertiary/aromatic N) is 2. The molecule has 1 N–H and O–H groups in total. The first-order valence-electron chi connectivity index (χ1n) is 12.1. The van der Waals surface area contributed by atoms with Crippen LogP contribution in [0.3, 0.4) is 0 Å². The van der Waals surface area contributed by atoms with Gasteiger partial charge in [0.25, 0.3) is 0 Å². The lowest BCUT2D eigenvalue weighted by atomic mass is 9.85. The van der Waals surface area contributed by atoms with Crippen LogP contribution in [0.2, 0.25) is 0 Å². The van der Waals surface area contributed by atoms with E-state index >= 15 is 0 Å². The second-order valence-electron chi connectivity index (χ2n) is 9.29. The van der Waals surface area contributed by atoms with Crippen molar-refractivity contribution < 1.29 is 23.4 Å². The van der Waals surface area contributed by atoms with Crippen LogP contribution in [0.1, 0.15) is 34.0 Å². The number of aliphatic hydroxyl groups is 1. The first kappa shape index (κ1) is 24.4. The Morgan fingerprint density at radius 2 is 1.75 bits per heavy atom. The van der Waals surface area contributed by atoms with Crippen molar-refractivity contribution in [2.75, 3.05) is 20.8 Å². The van der Waals surface area contributed by atoms with Gasteiger partial charge in [-0.1, -0.05) is 24.3 Å². The van der Waals surface area contributed by atoms with E-state index in [-0.39, 0.29) is 19.4 Å². The van der Waals surface area contributed by atoms with E-state index in [1.165, 1.54) is 39.9 Å². The predicted octanol–water partition coefficient (Wildman–Crippen LogP) is 5.37. The van der Waals surface area contributed by atoms with Crippen LogP contribution in [0.25, 0.3) is 10.9 Å². The van der Waals surface area contributed by atoms with Gasteiger partial charge in [0.15, 0.2) is 0 Å². The molecule has 3 aromatic carbocycles. The number of ether oxygens (including phenoxy) is 2. The third-order valence-corrected chi connectivity index (χ3v) is 7.00. The lowest BCUT2D eigenvalue weighted by molar-refractivity contribution is 0.145. The Balaban J connectivity index is 0.000000848. The smallest absolute Gasteiger partial charge is 0.126 e. The third-order valence-electron chi connectivity index (χ3n) is 7.00. The quantitative estimate of drug-likeness (QED) is 0.416. The van der Waals surface area contributed by atoms with E-state index in [0.717, 1.165) is 37.5 Å². The zero-order valence-electron chi connectivity index (χ0n) is 20.5. The number of aromatic nitrogens is 1. The monoisotopic (exact) mass is 492 g/mol. The highest BCUT2D eigenvalue weighted by molar-refractivity contribution is 5.86. The van der Waals surface area contributed by atoms with Crippen molar-refractivity contribution in [3.05, 3.63) is 100 Å². The second kappa shape index (κ2) is 10.4. The minimum Gasteiger partial charge on any atom is -0.489 e. The molecule has 0 aliphatic carbocycles. The molecule has 2 aliphatic rings. The Morgan fingerprint density at radius 3 is 2.50 bits per heavy atom. The highest BCUT2D eigenvalue weighted by Crippen LogP contribution is 2.42. The molecule has 36 heavy (non-hydrogen) atoms. The van der Waals surface area contributed by atoms with Crippen LogP contribution in [0.5, 0.6) is 5.75 Å². The summed E-state index contributed by atoms with van der Waals surface area (Å²) in [5, 5.41) is 11.2. The SMILES string of the molecule is COC.OCn1c2c(c3ccccc31)CC1c3cc(OCc4cc(F)cc(F)c4)ccc3CCN1C2. The average molecular weight is 493 g/mol. The molecule has 0 radical (unpaired) electrons. The zero-order valence-corrected chi connectivity index (χ0v) is 20.5. The summed E-state index contributed by atoms with van der Waals surface area (Å²) in [5.74, 6) is -0.506. The first-order chi connectivity index (χ1) is 17.5. The number of benzene rings is 3. The molecule has 0 amide bonds. The number of methoxy groups -OCH3 is 1. The van der Waals surface area contributed by atoms with E-state index in [1.807, 2.05) is 22.8 Å². The second-order valence-corrected chi connectivity index (χ2v) is 9.29. The summed E-state index contributed by atoms with van der Waals surface area (Å²) in [6.45, 7) is 1.84. The minimum atomic E-state index is -0.602. The van der Waals surface area contributed by atoms with Crippen LogP contribution in [-0.4, -0.2) is 35.3 Å². The van der Waals surface area contributed by atoms with E-state index < -0.39 is 11.6 Å². The molecule has 3 heterocycles. The van der Waals surface area contributed by atoms with Gasteiger partial charge in [0.05, 0.1) is 5.52 Å². The van der Waals surface area contributed by atoms with Crippen LogP contribution >= 0.6 is 0 Å². The van der Waals surface area contributed by atoms with Crippen LogP contribution in [-0.2, 0) is 37.5 Å². The van der Waals surface area contributed by atoms with Crippen LogP contribution in [0, 0.1) is 11.6 Å². The summed E-state index contributed by atoms with van der Waals surface area (Å²) in [7, 11) is 3.25. The number of halogens is 2. The fraction of sp³-hybridized carbons (Fsp3) is 0.310. The molecular weight excluding hydrogens is 462 g/mol. The summed E-state index contributed by atoms with van der Waals surface area (Å²) in [6, 6.07) is 18.1. The number of hydrogen-bond acceptors (Lipinski definition) is 4. The molecular formula is C29H30F2N2O3. The summed E-state index contributed by atoms with van der Waals surface area (Å²) >= 11 is 0. The standard InChI is InChI=1S/C27H24F2N2O2.C2H6O/c28-19-9-17(10-20(29)11-19)15-33-21-6-5-18-7-8-30-14-27-24(13-26(30)23(18)12-21)22-3-1-2-4-25(22)31(27)16-32;1-3-2/h1-6,9-12,26,32H,7-8,13-16H2;1-2H3. The maximum atomic E-state index is 13.5. The normalized spacial score (nSPS) is 16.5. The maximum Gasteiger partial charge on any atom is 0.126 e. The predicted molar refractivity (Wildman–Crippen MR) is 135 cm³/mol. The summed E-state index contributed by atoms with van der Waals surface area (Å²) in [4.78, 5) is 2.47. The van der Waals surface area contributed by atoms with Gasteiger partial charge in [-0.05, 0) is 65.4 Å². The third kappa shape index (κ3) is 4.62. The van der Waals surface area contributed by atoms with Gasteiger partial charge >= 0.3 is 0 Å². The van der Waals surface area contributed by atoms with Gasteiger partial charge in [-0.25, -0.2) is 8.78 Å². The molecule has 5 nitrogen and oxygen atoms in total. The molecule has 6 rings (SSSR count). The van der Waals surface area contributed by atoms with Crippen LogP contribution < -0.4 is 4.74 Å². The van der Waals surface area contributed by atoms with Crippen molar-refractivity contribution >= 4 is 10.9 Å². The molecule has 1 unspecified atom stereocenters. The fourth-order valence-electron chi connectivity index (χ4n) is 5.49. The van der Waals surface area contributed by atoms with Crippen molar-refractivity contribution in [3.63, 3.8) is 0 Å². The molecule has 0 bridgehead atoms. The number of rotatable bonds is 4. The van der Waals surface area contributed by atoms with Crippen molar-refractivity contribution in [2.45, 2.75) is 38.8 Å². The maximum absolute atomic E-state index is 13.5. The summed E-state index contributed by atoms with van der Waals surface area (Å²) in [5.41, 5.74) is 6.59. The number of fused-ring (bicyclic) bond motifs is 6. The minimum absolute atomic E-state index is 0.0242. The van der Waals surface area contributed by atoms with Gasteiger partial charge < -0.3 is 19.1 Å². The van der Waals surface area contributed by atoms with Gasteiger partial charge in [0, 0.05) is 50.5 Å². The Labute approximate surface area is 209 Å². The zero-order chi connectivity index (χ0) is 25.2. The number of hydrogen-bond donors (Lipinski definition) is 1. The van der Waals surface area contributed by atoms with E-state index in [9.17, 15) is 13.9 Å². The largest absolute Gasteiger partial charge is 0.489 e. The topological polar surface area (TPSA) is 46.9 Å². The molecule has 0 spiro atoms. The van der Waals surface area contributed by atoms with E-state index in [1.54, 1.807) is 14.2 Å². The molecule has 1 atom stereocenters. The molecule has 4 aromatic rings. The molecule has 0 saturated heterocycles. The first-order valence-corrected chi connectivity index (χ1v) is 12.1. The molecule has 1 aromatic heterocycles. The van der Waals surface area contributed by atoms with Crippen molar-refractivity contribution in [1.82, 2.24) is 9.47 Å². The summed E-state index contributed by atoms with van der Waals surface area (Å²) < 4.78 is 39.2. The Kier molecular flexibility index (Phi) is 7.05. The number of aliphatic hydroxyl groups excluding tert-OH is 1. The van der Waals surface area contributed by atoms with Crippen LogP contribution in [0.4, 0.5) is 8.78 Å². The van der Waals surface area contributed by atoms with Crippen molar-refractivity contribution in [3.8, 4) is 5.75 Å². The Hall–Kier alpha value is -3.26. The summed E-state index contributed by atoms with van der Waals surface area (Å²) in [6.07, 6.45) is 1.82. The van der Waals surface area contributed by atoms with Crippen molar-refractivity contribution in [2.24, 2.45) is 0 Å². The average Bonchev–Trinajstić information content (AvgIpc) is 3.18. The highest BCUT2D eigenvalue weighted by Gasteiger charge is 2.35. The van der Waals surface area contributed by atoms with Gasteiger partial charge in [-0.3, -0.25) is 4.90 Å². The van der Waals surface area contributed by atoms with E-state index in [0.29, 0.717) is 11.3 Å². The lowest BCUT2D eigenvalue weighted by Crippen LogP contribution is -2.39. The lowest BCUT2D eigenvalue weighted by Gasteiger charge is -2.41. The Bertz CT molecular complexity index is 1360. The van der Waals surface area contributed by atoms with Gasteiger partial charge in [-0.15, -0.1) is 0 Å². The number of para-hydroxylation sites is 1. The van der Waals surface area contributed by atoms with Gasteiger partial charge in [0.2, 0.25) is 0 Å². The molecule has 0 saturated carbocycles.